The Labute approximate surface area is 142 Å². The van der Waals surface area contributed by atoms with Crippen molar-refractivity contribution in [2.75, 3.05) is 5.32 Å². The van der Waals surface area contributed by atoms with Gasteiger partial charge in [0.05, 0.1) is 11.9 Å². The first-order valence-electron chi connectivity index (χ1n) is 7.61. The van der Waals surface area contributed by atoms with E-state index in [1.54, 1.807) is 17.6 Å². The summed E-state index contributed by atoms with van der Waals surface area (Å²) in [5.74, 6) is 0.998. The molecule has 8 nitrogen and oxygen atoms in total. The summed E-state index contributed by atoms with van der Waals surface area (Å²) >= 11 is 0. The van der Waals surface area contributed by atoms with Crippen molar-refractivity contribution in [2.45, 2.75) is 13.8 Å². The van der Waals surface area contributed by atoms with Crippen LogP contribution < -0.4 is 10.1 Å². The van der Waals surface area contributed by atoms with Crippen molar-refractivity contribution in [3.05, 3.63) is 48.0 Å². The number of nitrogens with one attached hydrogen (secondary N) is 2. The zero-order valence-corrected chi connectivity index (χ0v) is 13.6. The second-order valence-electron chi connectivity index (χ2n) is 5.76. The summed E-state index contributed by atoms with van der Waals surface area (Å²) in [6.07, 6.45) is 1.82. The van der Waals surface area contributed by atoms with Gasteiger partial charge in [-0.3, -0.25) is 5.32 Å². The number of anilines is 1. The van der Waals surface area contributed by atoms with E-state index in [1.807, 2.05) is 31.2 Å². The number of fused-ring (bicyclic) bond motifs is 2. The lowest BCUT2D eigenvalue weighted by Crippen LogP contribution is -2.07. The summed E-state index contributed by atoms with van der Waals surface area (Å²) in [7, 11) is 0. The minimum Gasteiger partial charge on any atom is -0.465 e. The zero-order chi connectivity index (χ0) is 17.6. The van der Waals surface area contributed by atoms with E-state index in [9.17, 15) is 4.79 Å². The van der Waals surface area contributed by atoms with E-state index in [1.165, 1.54) is 6.33 Å². The minimum atomic E-state index is -1.14. The number of ether oxygens (including phenoxy) is 1. The van der Waals surface area contributed by atoms with Crippen LogP contribution in [0.1, 0.15) is 11.3 Å². The molecule has 0 fully saturated rings. The van der Waals surface area contributed by atoms with Gasteiger partial charge in [-0.2, -0.15) is 10.1 Å². The highest BCUT2D eigenvalue weighted by Gasteiger charge is 2.16. The molecule has 1 amide bonds. The largest absolute Gasteiger partial charge is 0.465 e. The molecule has 3 N–H and O–H groups in total. The quantitative estimate of drug-likeness (QED) is 0.528. The molecule has 25 heavy (non-hydrogen) atoms. The fraction of sp³-hybridized carbons (Fsp3) is 0.118. The molecular weight excluding hydrogens is 322 g/mol. The maximum absolute atomic E-state index is 10.9. The van der Waals surface area contributed by atoms with Gasteiger partial charge in [0, 0.05) is 22.2 Å². The van der Waals surface area contributed by atoms with Crippen molar-refractivity contribution in [3.8, 4) is 11.6 Å². The molecule has 4 aromatic rings. The highest BCUT2D eigenvalue weighted by atomic mass is 16.5. The summed E-state index contributed by atoms with van der Waals surface area (Å²) in [4.78, 5) is 18.4. The monoisotopic (exact) mass is 337 g/mol. The average molecular weight is 337 g/mol. The molecule has 0 aliphatic rings. The fourth-order valence-electron chi connectivity index (χ4n) is 2.87. The third-order valence-electron chi connectivity index (χ3n) is 3.98. The number of aromatic nitrogens is 4. The van der Waals surface area contributed by atoms with E-state index in [0.717, 1.165) is 16.6 Å². The first kappa shape index (κ1) is 15.0. The first-order valence-corrected chi connectivity index (χ1v) is 7.61. The van der Waals surface area contributed by atoms with Crippen molar-refractivity contribution in [3.63, 3.8) is 0 Å². The Morgan fingerprint density at radius 3 is 2.96 bits per heavy atom. The van der Waals surface area contributed by atoms with Gasteiger partial charge < -0.3 is 14.8 Å². The lowest BCUT2D eigenvalue weighted by Gasteiger charge is -2.07. The van der Waals surface area contributed by atoms with Crippen LogP contribution in [0.25, 0.3) is 16.4 Å². The number of benzene rings is 1. The van der Waals surface area contributed by atoms with Gasteiger partial charge in [-0.15, -0.1) is 0 Å². The summed E-state index contributed by atoms with van der Waals surface area (Å²) in [6, 6.07) is 7.76. The molecule has 0 bridgehead atoms. The van der Waals surface area contributed by atoms with Crippen LogP contribution in [0.15, 0.2) is 36.8 Å². The SMILES string of the molecule is Cc1cc2cc(Oc3ncnn4cc(NC(=O)O)c(C)c34)ccc2[nH]1. The Kier molecular flexibility index (Phi) is 3.31. The molecule has 1 aromatic carbocycles. The standard InChI is InChI=1S/C17H15N5O3/c1-9-5-11-6-12(3-4-13(11)20-9)25-16-15-10(2)14(21-17(23)24)7-22(15)19-8-18-16/h3-8,20-21H,1-2H3,(H,23,24). The molecule has 0 saturated heterocycles. The molecule has 3 heterocycles. The van der Waals surface area contributed by atoms with Crippen LogP contribution in [0, 0.1) is 13.8 Å². The number of hydrogen-bond donors (Lipinski definition) is 3. The first-order chi connectivity index (χ1) is 12.0. The summed E-state index contributed by atoms with van der Waals surface area (Å²) < 4.78 is 7.49. The van der Waals surface area contributed by atoms with Crippen LogP contribution in [0.3, 0.4) is 0 Å². The van der Waals surface area contributed by atoms with Gasteiger partial charge in [0.15, 0.2) is 0 Å². The number of H-pyrrole nitrogens is 1. The number of rotatable bonds is 3. The number of carbonyl (C=O) groups is 1. The molecule has 0 unspecified atom stereocenters. The Morgan fingerprint density at radius 1 is 1.32 bits per heavy atom. The molecular formula is C17H15N5O3. The highest BCUT2D eigenvalue weighted by molar-refractivity contribution is 5.87. The molecule has 0 aliphatic heterocycles. The van der Waals surface area contributed by atoms with Gasteiger partial charge in [-0.05, 0) is 38.1 Å². The molecule has 0 radical (unpaired) electrons. The van der Waals surface area contributed by atoms with Gasteiger partial charge in [-0.1, -0.05) is 0 Å². The van der Waals surface area contributed by atoms with E-state index < -0.39 is 6.09 Å². The Morgan fingerprint density at radius 2 is 2.16 bits per heavy atom. The van der Waals surface area contributed by atoms with E-state index in [4.69, 9.17) is 9.84 Å². The lowest BCUT2D eigenvalue weighted by atomic mass is 10.2. The van der Waals surface area contributed by atoms with Gasteiger partial charge in [0.1, 0.15) is 17.6 Å². The predicted octanol–water partition coefficient (Wildman–Crippen LogP) is 3.71. The van der Waals surface area contributed by atoms with E-state index >= 15 is 0 Å². The number of aromatic amines is 1. The number of amides is 1. The van der Waals surface area contributed by atoms with Gasteiger partial charge >= 0.3 is 6.09 Å². The van der Waals surface area contributed by atoms with Gasteiger partial charge in [0.2, 0.25) is 5.88 Å². The van der Waals surface area contributed by atoms with Crippen LogP contribution in [-0.2, 0) is 0 Å². The van der Waals surface area contributed by atoms with Crippen molar-refractivity contribution in [1.29, 1.82) is 0 Å². The molecule has 0 aliphatic carbocycles. The van der Waals surface area contributed by atoms with Crippen molar-refractivity contribution >= 4 is 28.2 Å². The van der Waals surface area contributed by atoms with Crippen LogP contribution >= 0.6 is 0 Å². The third kappa shape index (κ3) is 2.63. The maximum atomic E-state index is 10.9. The van der Waals surface area contributed by atoms with Crippen LogP contribution in [0.5, 0.6) is 11.6 Å². The smallest absolute Gasteiger partial charge is 0.409 e. The average Bonchev–Trinajstić information content (AvgIpc) is 3.07. The molecule has 0 atom stereocenters. The van der Waals surface area contributed by atoms with Gasteiger partial charge in [-0.25, -0.2) is 9.31 Å². The van der Waals surface area contributed by atoms with E-state index in [-0.39, 0.29) is 0 Å². The number of aryl methyl sites for hydroxylation is 2. The molecule has 3 aromatic heterocycles. The Bertz CT molecular complexity index is 1110. The summed E-state index contributed by atoms with van der Waals surface area (Å²) in [5, 5.41) is 16.4. The fourth-order valence-corrected chi connectivity index (χ4v) is 2.87. The number of carboxylic acid groups (broad SMARTS) is 1. The molecule has 126 valence electrons. The molecule has 0 saturated carbocycles. The predicted molar refractivity (Wildman–Crippen MR) is 92.5 cm³/mol. The number of nitrogens with zero attached hydrogens (tertiary/aromatic N) is 3. The highest BCUT2D eigenvalue weighted by Crippen LogP contribution is 2.31. The van der Waals surface area contributed by atoms with E-state index in [0.29, 0.717) is 28.4 Å². The molecule has 4 rings (SSSR count). The second-order valence-corrected chi connectivity index (χ2v) is 5.76. The summed E-state index contributed by atoms with van der Waals surface area (Å²) in [6.45, 7) is 3.78. The Balaban J connectivity index is 1.77. The van der Waals surface area contributed by atoms with Crippen LogP contribution in [0.2, 0.25) is 0 Å². The lowest BCUT2D eigenvalue weighted by molar-refractivity contribution is 0.209. The maximum Gasteiger partial charge on any atom is 0.409 e. The van der Waals surface area contributed by atoms with Gasteiger partial charge in [0.25, 0.3) is 0 Å². The molecule has 8 heteroatoms. The zero-order valence-electron chi connectivity index (χ0n) is 13.6. The van der Waals surface area contributed by atoms with Crippen molar-refractivity contribution in [2.24, 2.45) is 0 Å². The van der Waals surface area contributed by atoms with E-state index in [2.05, 4.69) is 20.4 Å². The van der Waals surface area contributed by atoms with Crippen LogP contribution in [-0.4, -0.2) is 30.8 Å². The third-order valence-corrected chi connectivity index (χ3v) is 3.98. The number of hydrogen-bond acceptors (Lipinski definition) is 4. The van der Waals surface area contributed by atoms with Crippen LogP contribution in [0.4, 0.5) is 10.5 Å². The summed E-state index contributed by atoms with van der Waals surface area (Å²) in [5.41, 5.74) is 3.84. The van der Waals surface area contributed by atoms with Crippen molar-refractivity contribution in [1.82, 2.24) is 19.6 Å². The normalized spacial score (nSPS) is 11.1. The molecule has 0 spiro atoms. The topological polar surface area (TPSA) is 105 Å². The van der Waals surface area contributed by atoms with Crippen molar-refractivity contribution < 1.29 is 14.6 Å². The second kappa shape index (κ2) is 5.52. The minimum absolute atomic E-state index is 0.359. The Hall–Kier alpha value is -3.55.